The molecule has 0 saturated carbocycles. The van der Waals surface area contributed by atoms with E-state index in [1.165, 1.54) is 25.2 Å². The van der Waals surface area contributed by atoms with Crippen LogP contribution in [0.1, 0.15) is 13.8 Å². The Morgan fingerprint density at radius 2 is 1.92 bits per heavy atom. The lowest BCUT2D eigenvalue weighted by Gasteiger charge is -2.28. The Labute approximate surface area is 219 Å². The van der Waals surface area contributed by atoms with E-state index in [0.717, 1.165) is 30.6 Å². The van der Waals surface area contributed by atoms with Crippen molar-refractivity contribution in [2.45, 2.75) is 26.6 Å². The number of fused-ring (bicyclic) bond motifs is 1. The second kappa shape index (κ2) is 11.0. The SMILES string of the molecule is CC#CCn1c(N2CCNCC2)nc2nc(Oc3cccc(N(OC(=O)C(F)(F)F)C(C)=O)c3)n(C)c(=O)c21. The Bertz CT molecular complexity index is 1530. The minimum absolute atomic E-state index is 0.00210. The van der Waals surface area contributed by atoms with Gasteiger partial charge in [-0.1, -0.05) is 12.0 Å². The zero-order chi connectivity index (χ0) is 28.3. The molecule has 1 aliphatic rings. The molecule has 0 unspecified atom stereocenters. The molecule has 3 aromatic rings. The Morgan fingerprint density at radius 1 is 1.21 bits per heavy atom. The minimum atomic E-state index is -5.31. The van der Waals surface area contributed by atoms with E-state index in [2.05, 4.69) is 32.0 Å². The average molecular weight is 547 g/mol. The van der Waals surface area contributed by atoms with Gasteiger partial charge in [-0.05, 0) is 19.1 Å². The van der Waals surface area contributed by atoms with Gasteiger partial charge in [0, 0.05) is 46.2 Å². The third-order valence-corrected chi connectivity index (χ3v) is 5.69. The van der Waals surface area contributed by atoms with Crippen LogP contribution in [0, 0.1) is 11.8 Å². The molecule has 1 fully saturated rings. The molecule has 1 aliphatic heterocycles. The van der Waals surface area contributed by atoms with Crippen LogP contribution in [-0.4, -0.2) is 63.3 Å². The number of nitrogens with one attached hydrogen (secondary N) is 1. The van der Waals surface area contributed by atoms with Crippen molar-refractivity contribution >= 4 is 34.7 Å². The number of benzene rings is 1. The summed E-state index contributed by atoms with van der Waals surface area (Å²) in [5, 5.41) is 3.45. The van der Waals surface area contributed by atoms with E-state index >= 15 is 0 Å². The number of aromatic nitrogens is 4. The zero-order valence-electron chi connectivity index (χ0n) is 21.2. The monoisotopic (exact) mass is 547 g/mol. The summed E-state index contributed by atoms with van der Waals surface area (Å²) >= 11 is 0. The molecule has 1 saturated heterocycles. The van der Waals surface area contributed by atoms with Crippen molar-refractivity contribution in [2.24, 2.45) is 7.05 Å². The van der Waals surface area contributed by atoms with Crippen molar-refractivity contribution in [1.29, 1.82) is 0 Å². The molecular formula is C24H24F3N7O5. The third kappa shape index (κ3) is 5.80. The maximum atomic E-state index is 13.4. The van der Waals surface area contributed by atoms with Crippen LogP contribution in [0.4, 0.5) is 24.8 Å². The molecule has 0 atom stereocenters. The van der Waals surface area contributed by atoms with Crippen molar-refractivity contribution in [1.82, 2.24) is 24.4 Å². The van der Waals surface area contributed by atoms with Crippen molar-refractivity contribution < 1.29 is 32.3 Å². The molecule has 0 bridgehead atoms. The Balaban J connectivity index is 1.71. The highest BCUT2D eigenvalue weighted by atomic mass is 19.4. The molecule has 1 N–H and O–H groups in total. The number of ether oxygens (including phenoxy) is 1. The number of rotatable bonds is 5. The van der Waals surface area contributed by atoms with E-state index in [9.17, 15) is 27.6 Å². The highest BCUT2D eigenvalue weighted by molar-refractivity contribution is 5.92. The van der Waals surface area contributed by atoms with Crippen LogP contribution >= 0.6 is 0 Å². The predicted molar refractivity (Wildman–Crippen MR) is 133 cm³/mol. The normalized spacial score (nSPS) is 13.5. The van der Waals surface area contributed by atoms with E-state index in [-0.39, 0.29) is 40.2 Å². The number of nitrogens with zero attached hydrogens (tertiary/aromatic N) is 6. The molecule has 0 aliphatic carbocycles. The first-order chi connectivity index (χ1) is 18.5. The summed E-state index contributed by atoms with van der Waals surface area (Å²) < 4.78 is 46.7. The summed E-state index contributed by atoms with van der Waals surface area (Å²) in [7, 11) is 1.44. The summed E-state index contributed by atoms with van der Waals surface area (Å²) in [4.78, 5) is 51.9. The van der Waals surface area contributed by atoms with Gasteiger partial charge in [0.05, 0.1) is 12.2 Å². The standard InChI is InChI=1S/C24H24F3N7O5/c1-4-5-11-33-18-19(29-22(33)32-12-9-28-10-13-32)30-23(31(3)20(18)36)38-17-8-6-7-16(14-17)34(15(2)35)39-21(37)24(25,26)27/h6-8,14,28H,9-13H2,1-3H3. The summed E-state index contributed by atoms with van der Waals surface area (Å²) in [5.74, 6) is 2.76. The van der Waals surface area contributed by atoms with Gasteiger partial charge < -0.3 is 19.8 Å². The quantitative estimate of drug-likeness (QED) is 0.376. The van der Waals surface area contributed by atoms with Crippen LogP contribution in [-0.2, 0) is 28.0 Å². The lowest BCUT2D eigenvalue weighted by Crippen LogP contribution is -2.44. The van der Waals surface area contributed by atoms with Crippen LogP contribution in [0.25, 0.3) is 11.2 Å². The second-order valence-corrected chi connectivity index (χ2v) is 8.38. The molecule has 39 heavy (non-hydrogen) atoms. The molecule has 0 spiro atoms. The summed E-state index contributed by atoms with van der Waals surface area (Å²) in [5.41, 5.74) is -0.314. The predicted octanol–water partition coefficient (Wildman–Crippen LogP) is 1.73. The molecule has 1 aromatic carbocycles. The number of imidazole rings is 1. The van der Waals surface area contributed by atoms with Gasteiger partial charge in [-0.25, -0.2) is 4.79 Å². The highest BCUT2D eigenvalue weighted by Gasteiger charge is 2.43. The number of hydrogen-bond donors (Lipinski definition) is 1. The van der Waals surface area contributed by atoms with Crippen molar-refractivity contribution in [3.8, 4) is 23.6 Å². The van der Waals surface area contributed by atoms with Crippen LogP contribution in [0.3, 0.4) is 0 Å². The topological polar surface area (TPSA) is 124 Å². The van der Waals surface area contributed by atoms with Gasteiger partial charge in [-0.2, -0.15) is 23.1 Å². The maximum absolute atomic E-state index is 13.4. The number of carbonyl (C=O) groups excluding carboxylic acids is 2. The number of amides is 1. The second-order valence-electron chi connectivity index (χ2n) is 8.38. The van der Waals surface area contributed by atoms with Gasteiger partial charge in [0.15, 0.2) is 11.2 Å². The maximum Gasteiger partial charge on any atom is 0.493 e. The molecule has 4 rings (SSSR count). The van der Waals surface area contributed by atoms with Crippen LogP contribution < -0.4 is 25.6 Å². The summed E-state index contributed by atoms with van der Waals surface area (Å²) in [6, 6.07) is 5.02. The molecule has 12 nitrogen and oxygen atoms in total. The number of hydrogen-bond acceptors (Lipinski definition) is 9. The van der Waals surface area contributed by atoms with Crippen LogP contribution in [0.2, 0.25) is 0 Å². The van der Waals surface area contributed by atoms with Gasteiger partial charge in [0.25, 0.3) is 11.5 Å². The summed E-state index contributed by atoms with van der Waals surface area (Å²) in [6.45, 7) is 5.67. The van der Waals surface area contributed by atoms with E-state index < -0.39 is 23.6 Å². The molecule has 1 amide bonds. The fourth-order valence-corrected chi connectivity index (χ4v) is 3.85. The fraction of sp³-hybridized carbons (Fsp3) is 0.375. The number of hydroxylamine groups is 1. The lowest BCUT2D eigenvalue weighted by atomic mass is 10.3. The average Bonchev–Trinajstić information content (AvgIpc) is 3.27. The Hall–Kier alpha value is -4.58. The van der Waals surface area contributed by atoms with Crippen molar-refractivity contribution in [3.63, 3.8) is 0 Å². The molecule has 0 radical (unpaired) electrons. The van der Waals surface area contributed by atoms with Crippen LogP contribution in [0.15, 0.2) is 29.1 Å². The number of alkyl halides is 3. The first-order valence-electron chi connectivity index (χ1n) is 11.7. The number of anilines is 2. The number of carbonyl (C=O) groups is 2. The van der Waals surface area contributed by atoms with E-state index in [1.807, 2.05) is 4.90 Å². The third-order valence-electron chi connectivity index (χ3n) is 5.69. The van der Waals surface area contributed by atoms with Crippen LogP contribution in [0.5, 0.6) is 11.8 Å². The molecule has 2 aromatic heterocycles. The van der Waals surface area contributed by atoms with Gasteiger partial charge >= 0.3 is 18.2 Å². The highest BCUT2D eigenvalue weighted by Crippen LogP contribution is 2.28. The van der Waals surface area contributed by atoms with Gasteiger partial charge in [0.2, 0.25) is 5.95 Å². The van der Waals surface area contributed by atoms with E-state index in [0.29, 0.717) is 19.0 Å². The van der Waals surface area contributed by atoms with Gasteiger partial charge in [-0.15, -0.1) is 11.0 Å². The van der Waals surface area contributed by atoms with Crippen molar-refractivity contribution in [2.75, 3.05) is 36.1 Å². The first-order valence-corrected chi connectivity index (χ1v) is 11.7. The van der Waals surface area contributed by atoms with E-state index in [4.69, 9.17) is 4.74 Å². The minimum Gasteiger partial charge on any atom is -0.425 e. The number of halogens is 3. The molecule has 15 heteroatoms. The van der Waals surface area contributed by atoms with Gasteiger partial charge in [0.1, 0.15) is 5.75 Å². The van der Waals surface area contributed by atoms with Crippen molar-refractivity contribution in [3.05, 3.63) is 34.6 Å². The Kier molecular flexibility index (Phi) is 7.77. The first kappa shape index (κ1) is 27.5. The molecule has 3 heterocycles. The largest absolute Gasteiger partial charge is 0.493 e. The number of piperazine rings is 1. The summed E-state index contributed by atoms with van der Waals surface area (Å²) in [6.07, 6.45) is -5.31. The van der Waals surface area contributed by atoms with E-state index in [1.54, 1.807) is 11.5 Å². The Morgan fingerprint density at radius 3 is 2.56 bits per heavy atom. The zero-order valence-corrected chi connectivity index (χ0v) is 21.2. The molecular weight excluding hydrogens is 523 g/mol. The lowest BCUT2D eigenvalue weighted by molar-refractivity contribution is -0.201. The smallest absolute Gasteiger partial charge is 0.425 e. The fourth-order valence-electron chi connectivity index (χ4n) is 3.85. The van der Waals surface area contributed by atoms with Gasteiger partial charge in [-0.3, -0.25) is 18.7 Å². The molecule has 206 valence electrons.